The number of carbonyl (C=O) groups is 1. The first-order valence-corrected chi connectivity index (χ1v) is 9.68. The lowest BCUT2D eigenvalue weighted by Gasteiger charge is -2.08. The Balaban J connectivity index is 1.57. The van der Waals surface area contributed by atoms with Gasteiger partial charge in [-0.1, -0.05) is 18.2 Å². The maximum atomic E-state index is 12.5. The molecule has 0 fully saturated rings. The first kappa shape index (κ1) is 18.0. The predicted octanol–water partition coefficient (Wildman–Crippen LogP) is 2.47. The summed E-state index contributed by atoms with van der Waals surface area (Å²) in [7, 11) is -4.05. The molecule has 4 aromatic rings. The third-order valence-corrected chi connectivity index (χ3v) is 5.50. The molecule has 2 heterocycles. The summed E-state index contributed by atoms with van der Waals surface area (Å²) in [6, 6.07) is 13.7. The van der Waals surface area contributed by atoms with E-state index in [-0.39, 0.29) is 16.2 Å². The van der Waals surface area contributed by atoms with Gasteiger partial charge in [-0.25, -0.2) is 13.2 Å². The van der Waals surface area contributed by atoms with E-state index in [1.165, 1.54) is 30.3 Å². The fraction of sp³-hybridized carbons (Fsp3) is 0.0526. The minimum absolute atomic E-state index is 0.0178. The Hall–Kier alpha value is -3.43. The van der Waals surface area contributed by atoms with Crippen LogP contribution in [0.5, 0.6) is 0 Å². The number of aryl methyl sites for hydroxylation is 1. The van der Waals surface area contributed by atoms with E-state index in [0.29, 0.717) is 16.5 Å². The third kappa shape index (κ3) is 3.17. The van der Waals surface area contributed by atoms with Crippen molar-refractivity contribution < 1.29 is 22.0 Å². The average molecular weight is 398 g/mol. The third-order valence-electron chi connectivity index (χ3n) is 4.25. The zero-order valence-electron chi connectivity index (χ0n) is 14.6. The molecule has 28 heavy (non-hydrogen) atoms. The van der Waals surface area contributed by atoms with Gasteiger partial charge in [-0.05, 0) is 37.3 Å². The number of nitrogens with one attached hydrogen (secondary N) is 2. The quantitative estimate of drug-likeness (QED) is 0.403. The molecule has 0 spiro atoms. The second-order valence-electron chi connectivity index (χ2n) is 6.07. The molecular weight excluding hydrogens is 384 g/mol. The van der Waals surface area contributed by atoms with Gasteiger partial charge in [-0.15, -0.1) is 4.83 Å². The zero-order valence-corrected chi connectivity index (χ0v) is 15.4. The molecule has 2 aromatic heterocycles. The van der Waals surface area contributed by atoms with Crippen LogP contribution >= 0.6 is 0 Å². The number of rotatable bonds is 4. The number of hydrogen-bond donors (Lipinski definition) is 2. The summed E-state index contributed by atoms with van der Waals surface area (Å²) < 4.78 is 35.5. The molecule has 0 unspecified atom stereocenters. The monoisotopic (exact) mass is 398 g/mol. The Morgan fingerprint density at radius 3 is 2.54 bits per heavy atom. The zero-order chi connectivity index (χ0) is 19.9. The first-order valence-electron chi connectivity index (χ1n) is 8.19. The molecule has 4 rings (SSSR count). The molecule has 0 bridgehead atoms. The van der Waals surface area contributed by atoms with Crippen LogP contribution in [0, 0.1) is 6.92 Å². The number of benzene rings is 2. The molecule has 8 nitrogen and oxygen atoms in total. The summed E-state index contributed by atoms with van der Waals surface area (Å²) in [6.45, 7) is 1.71. The van der Waals surface area contributed by atoms with E-state index in [2.05, 4.69) is 5.43 Å². The van der Waals surface area contributed by atoms with E-state index in [0.717, 1.165) is 5.39 Å². The van der Waals surface area contributed by atoms with Crippen molar-refractivity contribution in [2.45, 2.75) is 11.8 Å². The number of fused-ring (bicyclic) bond motifs is 2. The Bertz CT molecular complexity index is 1380. The van der Waals surface area contributed by atoms with E-state index in [4.69, 9.17) is 8.83 Å². The Morgan fingerprint density at radius 1 is 0.964 bits per heavy atom. The van der Waals surface area contributed by atoms with Crippen LogP contribution in [0.3, 0.4) is 0 Å². The number of carbonyl (C=O) groups excluding carboxylic acids is 1. The van der Waals surface area contributed by atoms with Gasteiger partial charge in [0.25, 0.3) is 10.0 Å². The molecule has 142 valence electrons. The standard InChI is InChI=1S/C19H14N2O6S/c1-11-14-4-2-3-5-16(14)27-18(11)19(23)20-21-28(24,25)13-7-8-15-12(10-13)6-9-17(22)26-15/h2-10,21H,1H3,(H,20,23). The second-order valence-corrected chi connectivity index (χ2v) is 7.75. The largest absolute Gasteiger partial charge is 0.451 e. The molecule has 2 N–H and O–H groups in total. The summed E-state index contributed by atoms with van der Waals surface area (Å²) in [5.74, 6) is -0.701. The number of sulfonamides is 1. The first-order chi connectivity index (χ1) is 13.3. The molecule has 0 saturated carbocycles. The number of para-hydroxylation sites is 1. The van der Waals surface area contributed by atoms with Gasteiger partial charge in [-0.2, -0.15) is 0 Å². The van der Waals surface area contributed by atoms with Crippen LogP contribution < -0.4 is 15.9 Å². The Kier molecular flexibility index (Phi) is 4.25. The van der Waals surface area contributed by atoms with Gasteiger partial charge in [0.2, 0.25) is 0 Å². The fourth-order valence-corrected chi connectivity index (χ4v) is 3.71. The molecule has 2 aromatic carbocycles. The maximum absolute atomic E-state index is 12.5. The van der Waals surface area contributed by atoms with Crippen LogP contribution in [0.2, 0.25) is 0 Å². The van der Waals surface area contributed by atoms with Crippen molar-refractivity contribution in [2.24, 2.45) is 0 Å². The van der Waals surface area contributed by atoms with Gasteiger partial charge >= 0.3 is 11.5 Å². The number of hydrazine groups is 1. The second kappa shape index (κ2) is 6.63. The van der Waals surface area contributed by atoms with E-state index < -0.39 is 21.6 Å². The molecule has 0 aliphatic heterocycles. The highest BCUT2D eigenvalue weighted by molar-refractivity contribution is 7.89. The average Bonchev–Trinajstić information content (AvgIpc) is 3.03. The van der Waals surface area contributed by atoms with Gasteiger partial charge in [0.15, 0.2) is 5.76 Å². The maximum Gasteiger partial charge on any atom is 0.336 e. The van der Waals surface area contributed by atoms with Crippen molar-refractivity contribution in [3.8, 4) is 0 Å². The van der Waals surface area contributed by atoms with Crippen molar-refractivity contribution in [3.05, 3.63) is 76.3 Å². The molecule has 0 radical (unpaired) electrons. The molecule has 0 aliphatic rings. The van der Waals surface area contributed by atoms with Crippen LogP contribution in [-0.4, -0.2) is 14.3 Å². The van der Waals surface area contributed by atoms with Crippen LogP contribution in [0.25, 0.3) is 21.9 Å². The summed E-state index contributed by atoms with van der Waals surface area (Å²) in [4.78, 5) is 25.5. The molecule has 9 heteroatoms. The van der Waals surface area contributed by atoms with Gasteiger partial charge in [0.05, 0.1) is 4.90 Å². The van der Waals surface area contributed by atoms with Crippen molar-refractivity contribution in [1.82, 2.24) is 10.3 Å². The highest BCUT2D eigenvalue weighted by Crippen LogP contribution is 2.24. The molecule has 0 aliphatic carbocycles. The highest BCUT2D eigenvalue weighted by Gasteiger charge is 2.21. The fourth-order valence-electron chi connectivity index (χ4n) is 2.84. The summed E-state index contributed by atoms with van der Waals surface area (Å²) in [5, 5.41) is 1.20. The molecule has 0 atom stereocenters. The summed E-state index contributed by atoms with van der Waals surface area (Å²) in [6.07, 6.45) is 0. The van der Waals surface area contributed by atoms with Gasteiger partial charge in [-0.3, -0.25) is 10.2 Å². The van der Waals surface area contributed by atoms with Crippen LogP contribution in [0.4, 0.5) is 0 Å². The molecule has 0 saturated heterocycles. The van der Waals surface area contributed by atoms with Crippen LogP contribution in [-0.2, 0) is 10.0 Å². The van der Waals surface area contributed by atoms with E-state index in [9.17, 15) is 18.0 Å². The van der Waals surface area contributed by atoms with Crippen LogP contribution in [0.1, 0.15) is 16.1 Å². The normalized spacial score (nSPS) is 11.8. The Morgan fingerprint density at radius 2 is 1.75 bits per heavy atom. The lowest BCUT2D eigenvalue weighted by Crippen LogP contribution is -2.41. The SMILES string of the molecule is Cc1c(C(=O)NNS(=O)(=O)c2ccc3oc(=O)ccc3c2)oc2ccccc12. The van der Waals surface area contributed by atoms with Crippen molar-refractivity contribution >= 4 is 37.9 Å². The van der Waals surface area contributed by atoms with E-state index >= 15 is 0 Å². The molecule has 1 amide bonds. The minimum atomic E-state index is -4.05. The topological polar surface area (TPSA) is 119 Å². The smallest absolute Gasteiger partial charge is 0.336 e. The van der Waals surface area contributed by atoms with E-state index in [1.54, 1.807) is 19.1 Å². The van der Waals surface area contributed by atoms with Gasteiger partial charge < -0.3 is 8.83 Å². The van der Waals surface area contributed by atoms with Gasteiger partial charge in [0.1, 0.15) is 11.2 Å². The van der Waals surface area contributed by atoms with Crippen molar-refractivity contribution in [3.63, 3.8) is 0 Å². The van der Waals surface area contributed by atoms with Crippen molar-refractivity contribution in [1.29, 1.82) is 0 Å². The predicted molar refractivity (Wildman–Crippen MR) is 101 cm³/mol. The van der Waals surface area contributed by atoms with Gasteiger partial charge in [0, 0.05) is 22.4 Å². The van der Waals surface area contributed by atoms with Crippen LogP contribution in [0.15, 0.2) is 73.1 Å². The number of hydrogen-bond acceptors (Lipinski definition) is 6. The molecular formula is C19H14N2O6S. The van der Waals surface area contributed by atoms with E-state index in [1.807, 2.05) is 17.0 Å². The van der Waals surface area contributed by atoms with Crippen molar-refractivity contribution in [2.75, 3.05) is 0 Å². The number of furan rings is 1. The summed E-state index contributed by atoms with van der Waals surface area (Å²) in [5.41, 5.74) is 3.01. The Labute approximate surface area is 158 Å². The minimum Gasteiger partial charge on any atom is -0.451 e. The number of amides is 1. The lowest BCUT2D eigenvalue weighted by atomic mass is 10.1. The highest BCUT2D eigenvalue weighted by atomic mass is 32.2. The summed E-state index contributed by atoms with van der Waals surface area (Å²) >= 11 is 0. The lowest BCUT2D eigenvalue weighted by molar-refractivity contribution is 0.0918.